The second-order valence-electron chi connectivity index (χ2n) is 8.41. The molecule has 0 bridgehead atoms. The van der Waals surface area contributed by atoms with Crippen LogP contribution in [0.4, 0.5) is 0 Å². The molecule has 0 fully saturated rings. The average molecular weight is 290 g/mol. The Balaban J connectivity index is 4.17. The minimum atomic E-state index is -1.57. The van der Waals surface area contributed by atoms with Crippen LogP contribution in [0.25, 0.3) is 0 Å². The van der Waals surface area contributed by atoms with Gasteiger partial charge in [0, 0.05) is 13.2 Å². The molecule has 0 aromatic carbocycles. The number of rotatable bonds is 5. The van der Waals surface area contributed by atoms with Gasteiger partial charge < -0.3 is 9.41 Å². The van der Waals surface area contributed by atoms with Crippen LogP contribution in [0.3, 0.4) is 0 Å². The monoisotopic (exact) mass is 289 g/mol. The lowest BCUT2D eigenvalue weighted by molar-refractivity contribution is 0.292. The fourth-order valence-corrected chi connectivity index (χ4v) is 3.45. The van der Waals surface area contributed by atoms with Gasteiger partial charge in [-0.2, -0.15) is 0 Å². The number of hydrogen-bond donors (Lipinski definition) is 1. The minimum Gasteiger partial charge on any atom is -0.416 e. The molecule has 0 heterocycles. The Labute approximate surface area is 117 Å². The highest BCUT2D eigenvalue weighted by atomic mass is 28.4. The van der Waals surface area contributed by atoms with Crippen LogP contribution >= 0.6 is 0 Å². The zero-order valence-corrected chi connectivity index (χ0v) is 16.3. The molecule has 2 nitrogen and oxygen atoms in total. The smallest absolute Gasteiger partial charge is 0.192 e. The molecule has 0 saturated heterocycles. The topological polar surface area (TPSA) is 21.3 Å². The minimum absolute atomic E-state index is 0.309. The van der Waals surface area contributed by atoms with Crippen molar-refractivity contribution in [1.29, 1.82) is 0 Å². The van der Waals surface area contributed by atoms with E-state index in [0.29, 0.717) is 10.1 Å². The van der Waals surface area contributed by atoms with Crippen LogP contribution < -0.4 is 4.98 Å². The van der Waals surface area contributed by atoms with Crippen molar-refractivity contribution in [3.05, 3.63) is 0 Å². The van der Waals surface area contributed by atoms with Gasteiger partial charge in [-0.1, -0.05) is 54.6 Å². The van der Waals surface area contributed by atoms with Gasteiger partial charge in [-0.05, 0) is 23.2 Å². The summed E-state index contributed by atoms with van der Waals surface area (Å²) >= 11 is 0. The summed E-state index contributed by atoms with van der Waals surface area (Å²) in [4.78, 5) is 3.76. The van der Waals surface area contributed by atoms with Crippen molar-refractivity contribution in [2.45, 2.75) is 77.8 Å². The van der Waals surface area contributed by atoms with Crippen LogP contribution in [-0.4, -0.2) is 29.7 Å². The molecule has 0 saturated carbocycles. The summed E-state index contributed by atoms with van der Waals surface area (Å²) in [6, 6.07) is 0. The van der Waals surface area contributed by atoms with Gasteiger partial charge >= 0.3 is 0 Å². The highest BCUT2D eigenvalue weighted by molar-refractivity contribution is 6.77. The van der Waals surface area contributed by atoms with Crippen LogP contribution in [0.1, 0.15) is 41.5 Å². The van der Waals surface area contributed by atoms with E-state index in [4.69, 9.17) is 4.43 Å². The van der Waals surface area contributed by atoms with E-state index in [1.165, 1.54) is 0 Å². The van der Waals surface area contributed by atoms with Gasteiger partial charge in [0.05, 0.1) is 0 Å². The third-order valence-corrected chi connectivity index (χ3v) is 14.2. The standard InChI is InChI=1S/C14H35NOSi2/c1-13(2,3)17(7,8)15-11-12-16-18(9,10)14(4,5)6/h15H,11-12H2,1-10H3. The summed E-state index contributed by atoms with van der Waals surface area (Å²) in [6.45, 7) is 25.2. The van der Waals surface area contributed by atoms with Crippen molar-refractivity contribution >= 4 is 16.6 Å². The summed E-state index contributed by atoms with van der Waals surface area (Å²) in [5, 5.41) is 0.702. The Morgan fingerprint density at radius 1 is 0.833 bits per heavy atom. The van der Waals surface area contributed by atoms with E-state index in [2.05, 4.69) is 72.7 Å². The summed E-state index contributed by atoms with van der Waals surface area (Å²) in [7, 11) is -2.93. The Hall–Kier alpha value is 0.354. The van der Waals surface area contributed by atoms with Crippen LogP contribution in [0.15, 0.2) is 0 Å². The van der Waals surface area contributed by atoms with E-state index < -0.39 is 16.6 Å². The zero-order chi connectivity index (χ0) is 14.8. The van der Waals surface area contributed by atoms with Crippen LogP contribution in [0.5, 0.6) is 0 Å². The van der Waals surface area contributed by atoms with Crippen molar-refractivity contribution in [3.8, 4) is 0 Å². The van der Waals surface area contributed by atoms with Crippen LogP contribution in [-0.2, 0) is 4.43 Å². The lowest BCUT2D eigenvalue weighted by Crippen LogP contribution is -2.53. The van der Waals surface area contributed by atoms with Crippen molar-refractivity contribution in [2.75, 3.05) is 13.2 Å². The molecule has 0 unspecified atom stereocenters. The molecule has 18 heavy (non-hydrogen) atoms. The second-order valence-corrected chi connectivity index (χ2v) is 18.3. The molecular formula is C14H35NOSi2. The first-order valence-electron chi connectivity index (χ1n) is 7.10. The van der Waals surface area contributed by atoms with Gasteiger partial charge in [0.25, 0.3) is 0 Å². The predicted octanol–water partition coefficient (Wildman–Crippen LogP) is 4.60. The van der Waals surface area contributed by atoms with Gasteiger partial charge in [0.2, 0.25) is 0 Å². The summed E-state index contributed by atoms with van der Waals surface area (Å²) in [6.07, 6.45) is 0. The lowest BCUT2D eigenvalue weighted by atomic mass is 10.2. The molecule has 0 spiro atoms. The van der Waals surface area contributed by atoms with Crippen LogP contribution in [0, 0.1) is 0 Å². The average Bonchev–Trinajstić information content (AvgIpc) is 2.08. The molecule has 0 radical (unpaired) electrons. The highest BCUT2D eigenvalue weighted by Crippen LogP contribution is 2.36. The Kier molecular flexibility index (Phi) is 5.89. The molecule has 0 aliphatic carbocycles. The summed E-state index contributed by atoms with van der Waals surface area (Å²) < 4.78 is 6.20. The summed E-state index contributed by atoms with van der Waals surface area (Å²) in [5.41, 5.74) is 0. The molecule has 0 aliphatic heterocycles. The Morgan fingerprint density at radius 2 is 1.28 bits per heavy atom. The van der Waals surface area contributed by atoms with E-state index in [1.807, 2.05) is 0 Å². The quantitative estimate of drug-likeness (QED) is 0.590. The SMILES string of the molecule is CC(C)(C)[Si](C)(C)NCCO[Si](C)(C)C(C)(C)C. The van der Waals surface area contributed by atoms with Crippen molar-refractivity contribution in [1.82, 2.24) is 4.98 Å². The van der Waals surface area contributed by atoms with E-state index in [1.54, 1.807) is 0 Å². The van der Waals surface area contributed by atoms with E-state index >= 15 is 0 Å². The predicted molar refractivity (Wildman–Crippen MR) is 88.3 cm³/mol. The molecule has 110 valence electrons. The zero-order valence-electron chi connectivity index (χ0n) is 14.3. The van der Waals surface area contributed by atoms with Crippen molar-refractivity contribution < 1.29 is 4.43 Å². The second kappa shape index (κ2) is 5.77. The molecule has 0 aliphatic rings. The van der Waals surface area contributed by atoms with E-state index in [0.717, 1.165) is 13.2 Å². The maximum atomic E-state index is 6.20. The van der Waals surface area contributed by atoms with Gasteiger partial charge in [0.15, 0.2) is 8.32 Å². The number of nitrogens with one attached hydrogen (secondary N) is 1. The first-order chi connectivity index (χ1) is 7.71. The Bertz CT molecular complexity index is 234. The van der Waals surface area contributed by atoms with Gasteiger partial charge in [-0.15, -0.1) is 0 Å². The third kappa shape index (κ3) is 5.15. The molecule has 0 atom stereocenters. The third-order valence-electron chi connectivity index (χ3n) is 4.81. The molecular weight excluding hydrogens is 254 g/mol. The maximum Gasteiger partial charge on any atom is 0.192 e. The fraction of sp³-hybridized carbons (Fsp3) is 1.00. The van der Waals surface area contributed by atoms with E-state index in [-0.39, 0.29) is 0 Å². The van der Waals surface area contributed by atoms with Gasteiger partial charge in [-0.3, -0.25) is 0 Å². The molecule has 4 heteroatoms. The summed E-state index contributed by atoms with van der Waals surface area (Å²) in [5.74, 6) is 0. The normalized spacial score (nSPS) is 15.0. The first kappa shape index (κ1) is 18.4. The van der Waals surface area contributed by atoms with E-state index in [9.17, 15) is 0 Å². The highest BCUT2D eigenvalue weighted by Gasteiger charge is 2.38. The van der Waals surface area contributed by atoms with Crippen LogP contribution in [0.2, 0.25) is 36.3 Å². The lowest BCUT2D eigenvalue weighted by Gasteiger charge is -2.39. The molecule has 0 rings (SSSR count). The molecule has 1 N–H and O–H groups in total. The van der Waals surface area contributed by atoms with Crippen molar-refractivity contribution in [2.24, 2.45) is 0 Å². The largest absolute Gasteiger partial charge is 0.416 e. The fourth-order valence-electron chi connectivity index (χ4n) is 1.15. The molecule has 0 aromatic heterocycles. The first-order valence-corrected chi connectivity index (χ1v) is 13.0. The molecule has 0 aromatic rings. The Morgan fingerprint density at radius 3 is 1.61 bits per heavy atom. The van der Waals surface area contributed by atoms with Gasteiger partial charge in [0.1, 0.15) is 8.24 Å². The maximum absolute atomic E-state index is 6.20. The van der Waals surface area contributed by atoms with Gasteiger partial charge in [-0.25, -0.2) is 0 Å². The van der Waals surface area contributed by atoms with Crippen molar-refractivity contribution in [3.63, 3.8) is 0 Å². The molecule has 0 amide bonds. The number of hydrogen-bond acceptors (Lipinski definition) is 2.